The summed E-state index contributed by atoms with van der Waals surface area (Å²) < 4.78 is 13.8. The SMILES string of the molecule is c1ccc([Si](c2ccccc2)(c2ccccc2)c2cccc(-n3c4ccccc4c4cc(-n5c6ccccc6c6cc(-n7c8ccccc8c8cc9c(cc87)oc7ccccc79)ccc65)ccc43)c2)cc1. The molecule has 15 aromatic rings. The number of benzene rings is 11. The predicted molar refractivity (Wildman–Crippen MR) is 300 cm³/mol. The molecule has 0 aliphatic carbocycles. The van der Waals surface area contributed by atoms with E-state index in [0.29, 0.717) is 0 Å². The highest BCUT2D eigenvalue weighted by atomic mass is 28.3. The van der Waals surface area contributed by atoms with Crippen LogP contribution >= 0.6 is 0 Å². The van der Waals surface area contributed by atoms with E-state index in [0.717, 1.165) is 50.0 Å². The lowest BCUT2D eigenvalue weighted by Crippen LogP contribution is -2.74. The minimum absolute atomic E-state index is 0.895. The third-order valence-corrected chi connectivity index (χ3v) is 19.9. The van der Waals surface area contributed by atoms with Gasteiger partial charge in [-0.2, -0.15) is 0 Å². The molecule has 0 saturated carbocycles. The van der Waals surface area contributed by atoms with E-state index in [1.807, 2.05) is 6.07 Å². The third-order valence-electron chi connectivity index (χ3n) is 15.2. The van der Waals surface area contributed by atoms with Gasteiger partial charge in [-0.1, -0.05) is 176 Å². The molecule has 0 aliphatic heterocycles. The fourth-order valence-electron chi connectivity index (χ4n) is 12.2. The number of rotatable bonds is 7. The maximum Gasteiger partial charge on any atom is 0.179 e. The Morgan fingerprint density at radius 2 is 0.620 bits per heavy atom. The molecule has 0 fully saturated rings. The van der Waals surface area contributed by atoms with Crippen molar-refractivity contribution in [1.29, 1.82) is 0 Å². The van der Waals surface area contributed by atoms with Crippen molar-refractivity contribution < 1.29 is 4.42 Å². The van der Waals surface area contributed by atoms with Gasteiger partial charge < -0.3 is 18.1 Å². The molecule has 0 amide bonds. The maximum absolute atomic E-state index is 6.46. The van der Waals surface area contributed by atoms with Gasteiger partial charge in [-0.05, 0) is 99.6 Å². The highest BCUT2D eigenvalue weighted by Gasteiger charge is 2.41. The number of hydrogen-bond acceptors (Lipinski definition) is 1. The summed E-state index contributed by atoms with van der Waals surface area (Å²) in [6.07, 6.45) is 0. The first-order valence-electron chi connectivity index (χ1n) is 24.4. The van der Waals surface area contributed by atoms with Gasteiger partial charge in [0.1, 0.15) is 11.2 Å². The number of para-hydroxylation sites is 4. The first-order chi connectivity index (χ1) is 35.2. The smallest absolute Gasteiger partial charge is 0.179 e. The summed E-state index contributed by atoms with van der Waals surface area (Å²) >= 11 is 0. The molecule has 4 nitrogen and oxygen atoms in total. The Morgan fingerprint density at radius 1 is 0.225 bits per heavy atom. The topological polar surface area (TPSA) is 27.9 Å². The normalized spacial score (nSPS) is 12.2. The maximum atomic E-state index is 6.46. The van der Waals surface area contributed by atoms with E-state index in [4.69, 9.17) is 4.42 Å². The third kappa shape index (κ3) is 5.78. The van der Waals surface area contributed by atoms with E-state index in [1.165, 1.54) is 75.1 Å². The summed E-state index contributed by atoms with van der Waals surface area (Å²) in [5.41, 5.74) is 12.2. The molecule has 0 aliphatic rings. The molecule has 0 saturated heterocycles. The summed E-state index contributed by atoms with van der Waals surface area (Å²) in [4.78, 5) is 0. The van der Waals surface area contributed by atoms with Gasteiger partial charge in [-0.15, -0.1) is 0 Å². The molecule has 0 N–H and O–H groups in total. The van der Waals surface area contributed by atoms with Crippen molar-refractivity contribution in [3.63, 3.8) is 0 Å². The zero-order valence-corrected chi connectivity index (χ0v) is 39.6. The second-order valence-corrected chi connectivity index (χ2v) is 22.6. The number of furan rings is 1. The minimum atomic E-state index is -2.77. The van der Waals surface area contributed by atoms with Gasteiger partial charge in [0.2, 0.25) is 0 Å². The van der Waals surface area contributed by atoms with E-state index in [9.17, 15) is 0 Å². The van der Waals surface area contributed by atoms with Crippen LogP contribution in [0.1, 0.15) is 0 Å². The summed E-state index contributed by atoms with van der Waals surface area (Å²) in [5, 5.41) is 15.0. The highest BCUT2D eigenvalue weighted by molar-refractivity contribution is 7.19. The number of fused-ring (bicyclic) bond motifs is 12. The lowest BCUT2D eigenvalue weighted by Gasteiger charge is -2.34. The Balaban J connectivity index is 0.914. The standard InChI is InChI=1S/C66H43N3OSi/c1-4-20-47(21-5-1)71(48-22-6-2-7-23-48,49-24-8-3-9-25-49)50-26-18-19-44(39-50)67-59-31-14-10-27-51(59)55-40-45(35-37-62(55)67)68-60-32-15-11-28-52(60)56-41-46(36-38-63(56)68)69-61-33-16-12-29-53(61)57-42-58-54-30-13-17-34-65(54)70-66(58)43-64(57)69/h1-43H. The van der Waals surface area contributed by atoms with Crippen molar-refractivity contribution >= 4 is 116 Å². The average molecular weight is 922 g/mol. The van der Waals surface area contributed by atoms with Crippen molar-refractivity contribution in [2.45, 2.75) is 0 Å². The van der Waals surface area contributed by atoms with E-state index in [1.54, 1.807) is 0 Å². The summed E-state index contributed by atoms with van der Waals surface area (Å²) in [7, 11) is -2.77. The fourth-order valence-corrected chi connectivity index (χ4v) is 17.0. The fraction of sp³-hybridized carbons (Fsp3) is 0. The van der Waals surface area contributed by atoms with Crippen LogP contribution in [0.25, 0.3) is 104 Å². The van der Waals surface area contributed by atoms with Crippen LogP contribution in [0.4, 0.5) is 0 Å². The Bertz CT molecular complexity index is 4480. The van der Waals surface area contributed by atoms with Crippen LogP contribution in [0.5, 0.6) is 0 Å². The second-order valence-electron chi connectivity index (χ2n) is 18.8. The van der Waals surface area contributed by atoms with E-state index in [2.05, 4.69) is 268 Å². The molecule has 11 aromatic carbocycles. The van der Waals surface area contributed by atoms with Crippen molar-refractivity contribution in [2.75, 3.05) is 0 Å². The molecule has 71 heavy (non-hydrogen) atoms. The highest BCUT2D eigenvalue weighted by Crippen LogP contribution is 2.41. The molecule has 0 bridgehead atoms. The molecular weight excluding hydrogens is 879 g/mol. The first kappa shape index (κ1) is 39.8. The molecule has 15 rings (SSSR count). The van der Waals surface area contributed by atoms with Crippen molar-refractivity contribution in [3.8, 4) is 17.1 Å². The molecule has 0 atom stereocenters. The van der Waals surface area contributed by atoms with Crippen LogP contribution in [0.3, 0.4) is 0 Å². The quantitative estimate of drug-likeness (QED) is 0.116. The van der Waals surface area contributed by atoms with Gasteiger partial charge in [0.15, 0.2) is 8.07 Å². The van der Waals surface area contributed by atoms with Crippen LogP contribution in [-0.2, 0) is 0 Å². The molecular formula is C66H43N3OSi. The van der Waals surface area contributed by atoms with Crippen LogP contribution in [0, 0.1) is 0 Å². The lowest BCUT2D eigenvalue weighted by atomic mass is 10.1. The predicted octanol–water partition coefficient (Wildman–Crippen LogP) is 14.3. The van der Waals surface area contributed by atoms with Gasteiger partial charge in [-0.25, -0.2) is 0 Å². The van der Waals surface area contributed by atoms with Gasteiger partial charge in [0, 0.05) is 66.2 Å². The van der Waals surface area contributed by atoms with Crippen LogP contribution in [-0.4, -0.2) is 21.8 Å². The minimum Gasteiger partial charge on any atom is -0.456 e. The number of nitrogens with zero attached hydrogens (tertiary/aromatic N) is 3. The Kier molecular flexibility index (Phi) is 8.64. The molecule has 0 unspecified atom stereocenters. The van der Waals surface area contributed by atoms with Crippen molar-refractivity contribution in [1.82, 2.24) is 13.7 Å². The summed E-state index contributed by atoms with van der Waals surface area (Å²) in [5.74, 6) is 0. The monoisotopic (exact) mass is 921 g/mol. The zero-order valence-electron chi connectivity index (χ0n) is 38.6. The van der Waals surface area contributed by atoms with Gasteiger partial charge in [0.05, 0.1) is 33.1 Å². The Labute approximate surface area is 410 Å². The van der Waals surface area contributed by atoms with E-state index in [-0.39, 0.29) is 0 Å². The van der Waals surface area contributed by atoms with Gasteiger partial charge in [-0.3, -0.25) is 0 Å². The zero-order chi connectivity index (χ0) is 46.6. The van der Waals surface area contributed by atoms with Gasteiger partial charge in [0.25, 0.3) is 0 Å². The van der Waals surface area contributed by atoms with E-state index >= 15 is 0 Å². The van der Waals surface area contributed by atoms with Crippen LogP contribution in [0.2, 0.25) is 0 Å². The molecule has 0 radical (unpaired) electrons. The summed E-state index contributed by atoms with van der Waals surface area (Å²) in [6.45, 7) is 0. The van der Waals surface area contributed by atoms with Crippen LogP contribution < -0.4 is 20.7 Å². The van der Waals surface area contributed by atoms with Gasteiger partial charge >= 0.3 is 0 Å². The Morgan fingerprint density at radius 3 is 1.14 bits per heavy atom. The first-order valence-corrected chi connectivity index (χ1v) is 26.4. The Hall–Kier alpha value is -9.16. The molecule has 332 valence electrons. The van der Waals surface area contributed by atoms with Crippen molar-refractivity contribution in [3.05, 3.63) is 261 Å². The molecule has 4 heterocycles. The molecule has 5 heteroatoms. The molecule has 4 aromatic heterocycles. The number of aromatic nitrogens is 3. The molecule has 0 spiro atoms. The largest absolute Gasteiger partial charge is 0.456 e. The lowest BCUT2D eigenvalue weighted by molar-refractivity contribution is 0.669. The number of hydrogen-bond donors (Lipinski definition) is 0. The van der Waals surface area contributed by atoms with E-state index < -0.39 is 8.07 Å². The average Bonchev–Trinajstić information content (AvgIpc) is 4.17. The second kappa shape index (κ2) is 15.4. The summed E-state index contributed by atoms with van der Waals surface area (Å²) in [6, 6.07) is 96.3. The van der Waals surface area contributed by atoms with Crippen LogP contribution in [0.15, 0.2) is 265 Å². The van der Waals surface area contributed by atoms with Crippen molar-refractivity contribution in [2.24, 2.45) is 0 Å².